The summed E-state index contributed by atoms with van der Waals surface area (Å²) in [6, 6.07) is 7.25. The zero-order valence-electron chi connectivity index (χ0n) is 18.0. The normalized spacial score (nSPS) is 28.8. The van der Waals surface area contributed by atoms with Crippen molar-refractivity contribution >= 4 is 17.7 Å². The number of hydrogen-bond donors (Lipinski definition) is 4. The molecule has 170 valence electrons. The van der Waals surface area contributed by atoms with Gasteiger partial charge in [0.1, 0.15) is 0 Å². The van der Waals surface area contributed by atoms with E-state index < -0.39 is 24.1 Å². The molecule has 0 amide bonds. The van der Waals surface area contributed by atoms with E-state index in [1.54, 1.807) is 12.5 Å². The van der Waals surface area contributed by atoms with Gasteiger partial charge < -0.3 is 25.3 Å². The maximum absolute atomic E-state index is 11.7. The van der Waals surface area contributed by atoms with Crippen LogP contribution in [0, 0.1) is 5.92 Å². The molecule has 8 heteroatoms. The second-order valence-corrected chi connectivity index (χ2v) is 9.00. The van der Waals surface area contributed by atoms with E-state index in [4.69, 9.17) is 20.4 Å². The maximum Gasteiger partial charge on any atom is 0.335 e. The summed E-state index contributed by atoms with van der Waals surface area (Å²) in [6.07, 6.45) is 3.43. The number of carbonyl (C=O) groups excluding carboxylic acids is 1. The number of hydrogen-bond acceptors (Lipinski definition) is 6. The van der Waals surface area contributed by atoms with Crippen molar-refractivity contribution in [3.05, 3.63) is 34.9 Å². The molecule has 2 bridgehead atoms. The third kappa shape index (κ3) is 4.37. The first kappa shape index (κ1) is 23.4. The lowest BCUT2D eigenvalue weighted by molar-refractivity contribution is -0.165. The van der Waals surface area contributed by atoms with Crippen molar-refractivity contribution in [2.45, 2.75) is 69.1 Å². The number of rotatable bonds is 4. The summed E-state index contributed by atoms with van der Waals surface area (Å²) in [6.45, 7) is 2.91. The summed E-state index contributed by atoms with van der Waals surface area (Å²) < 4.78 is 0. The van der Waals surface area contributed by atoms with Crippen LogP contribution < -0.4 is 0 Å². The first-order valence-electron chi connectivity index (χ1n) is 10.7. The monoisotopic (exact) mass is 433 g/mol. The summed E-state index contributed by atoms with van der Waals surface area (Å²) in [5.41, 5.74) is 4.34. The fourth-order valence-electron chi connectivity index (χ4n) is 5.72. The minimum absolute atomic E-state index is 0.194. The third-order valence-corrected chi connectivity index (χ3v) is 7.32. The number of carboxylic acid groups (broad SMARTS) is 2. The van der Waals surface area contributed by atoms with Gasteiger partial charge in [0.25, 0.3) is 0 Å². The van der Waals surface area contributed by atoms with E-state index in [0.717, 1.165) is 17.9 Å². The predicted molar refractivity (Wildman–Crippen MR) is 112 cm³/mol. The van der Waals surface area contributed by atoms with Gasteiger partial charge in [0, 0.05) is 17.0 Å². The van der Waals surface area contributed by atoms with Gasteiger partial charge in [-0.25, -0.2) is 9.59 Å². The van der Waals surface area contributed by atoms with E-state index >= 15 is 0 Å². The van der Waals surface area contributed by atoms with E-state index in [2.05, 4.69) is 30.1 Å². The fraction of sp³-hybridized carbons (Fsp3) is 0.609. The molecular formula is C23H31NO7. The Labute approximate surface area is 181 Å². The number of Topliss-reactive ketones (excluding diaryl/α,β-unsaturated/α-hetero) is 1. The van der Waals surface area contributed by atoms with E-state index in [9.17, 15) is 14.4 Å². The number of carbonyl (C=O) groups is 3. The number of aliphatic hydroxyl groups excluding tert-OH is 2. The van der Waals surface area contributed by atoms with Crippen molar-refractivity contribution < 1.29 is 34.8 Å². The average Bonchev–Trinajstić information content (AvgIpc) is 2.75. The van der Waals surface area contributed by atoms with Crippen molar-refractivity contribution in [2.24, 2.45) is 5.92 Å². The molecule has 5 atom stereocenters. The lowest BCUT2D eigenvalue weighted by atomic mass is 9.52. The van der Waals surface area contributed by atoms with Gasteiger partial charge in [-0.1, -0.05) is 25.0 Å². The molecule has 3 aliphatic rings. The molecule has 4 rings (SSSR count). The fourth-order valence-corrected chi connectivity index (χ4v) is 5.72. The van der Waals surface area contributed by atoms with Crippen molar-refractivity contribution in [1.29, 1.82) is 0 Å². The van der Waals surface area contributed by atoms with E-state index in [-0.39, 0.29) is 5.78 Å². The highest BCUT2D eigenvalue weighted by molar-refractivity contribution is 5.94. The lowest BCUT2D eigenvalue weighted by Crippen LogP contribution is -2.59. The number of carboxylic acids is 2. The molecule has 1 heterocycles. The Kier molecular flexibility index (Phi) is 6.83. The summed E-state index contributed by atoms with van der Waals surface area (Å²) in [5, 5.41) is 32.5. The lowest BCUT2D eigenvalue weighted by Gasteiger charge is -2.58. The Bertz CT molecular complexity index is 851. The molecule has 2 unspecified atom stereocenters. The van der Waals surface area contributed by atoms with Gasteiger partial charge >= 0.3 is 11.9 Å². The zero-order valence-corrected chi connectivity index (χ0v) is 18.0. The molecule has 4 N–H and O–H groups in total. The smallest absolute Gasteiger partial charge is 0.335 e. The second-order valence-electron chi connectivity index (χ2n) is 9.00. The molecule has 0 aromatic heterocycles. The number of likely N-dealkylation sites (N-methyl/N-ethyl adjacent to an activating group) is 1. The molecule has 1 saturated carbocycles. The SMILES string of the molecule is CC(=O)c1ccc2c(c1)C[C@@H]1[C@@H]3CCCC[C@]23CCN1C.O=C(O)C(O)C(O)C(=O)O. The second kappa shape index (κ2) is 9.06. The van der Waals surface area contributed by atoms with Crippen LogP contribution in [0.3, 0.4) is 0 Å². The molecular weight excluding hydrogens is 402 g/mol. The summed E-state index contributed by atoms with van der Waals surface area (Å²) in [4.78, 5) is 33.8. The van der Waals surface area contributed by atoms with Crippen LogP contribution in [0.25, 0.3) is 0 Å². The van der Waals surface area contributed by atoms with Crippen LogP contribution in [0.4, 0.5) is 0 Å². The van der Waals surface area contributed by atoms with Crippen molar-refractivity contribution in [3.63, 3.8) is 0 Å². The van der Waals surface area contributed by atoms with E-state index in [0.29, 0.717) is 11.5 Å². The third-order valence-electron chi connectivity index (χ3n) is 7.32. The minimum atomic E-state index is -2.27. The van der Waals surface area contributed by atoms with Crippen molar-refractivity contribution in [1.82, 2.24) is 4.90 Å². The molecule has 0 radical (unpaired) electrons. The van der Waals surface area contributed by atoms with Crippen molar-refractivity contribution in [2.75, 3.05) is 13.6 Å². The number of piperidine rings is 1. The highest BCUT2D eigenvalue weighted by Gasteiger charge is 2.52. The zero-order chi connectivity index (χ0) is 22.9. The van der Waals surface area contributed by atoms with Crippen molar-refractivity contribution in [3.8, 4) is 0 Å². The summed E-state index contributed by atoms with van der Waals surface area (Å²) >= 11 is 0. The number of nitrogens with zero attached hydrogens (tertiary/aromatic N) is 1. The average molecular weight is 434 g/mol. The Morgan fingerprint density at radius 2 is 1.71 bits per heavy atom. The number of aliphatic hydroxyl groups is 2. The largest absolute Gasteiger partial charge is 0.479 e. The molecule has 1 aromatic carbocycles. The highest BCUT2D eigenvalue weighted by atomic mass is 16.4. The molecule has 1 saturated heterocycles. The number of ketones is 1. The Morgan fingerprint density at radius 3 is 2.29 bits per heavy atom. The van der Waals surface area contributed by atoms with Gasteiger partial charge in [0.05, 0.1) is 0 Å². The Hall–Kier alpha value is -2.29. The predicted octanol–water partition coefficient (Wildman–Crippen LogP) is 1.45. The molecule has 1 aromatic rings. The van der Waals surface area contributed by atoms with Crippen LogP contribution in [-0.2, 0) is 21.4 Å². The van der Waals surface area contributed by atoms with Gasteiger partial charge in [0.15, 0.2) is 18.0 Å². The molecule has 2 fully saturated rings. The first-order chi connectivity index (χ1) is 14.6. The standard InChI is InChI=1S/C19H25NO.C4H6O6/c1-13(21)14-6-7-16-15(11-14)12-18-17-5-3-4-8-19(16,17)9-10-20(18)2;5-1(3(7)8)2(6)4(9)10/h6-7,11,17-18H,3-5,8-10,12H2,1-2H3;1-2,5-6H,(H,7,8)(H,9,10)/t17-,18+,19-;/m0./s1. The van der Waals surface area contributed by atoms with Gasteiger partial charge in [-0.3, -0.25) is 4.79 Å². The molecule has 2 aliphatic carbocycles. The first-order valence-corrected chi connectivity index (χ1v) is 10.7. The molecule has 0 spiro atoms. The van der Waals surface area contributed by atoms with Crippen LogP contribution >= 0.6 is 0 Å². The summed E-state index contributed by atoms with van der Waals surface area (Å²) in [7, 11) is 2.29. The topological polar surface area (TPSA) is 135 Å². The maximum atomic E-state index is 11.7. The number of fused-ring (bicyclic) bond motifs is 1. The molecule has 8 nitrogen and oxygen atoms in total. The number of benzene rings is 1. The van der Waals surface area contributed by atoms with Gasteiger partial charge in [-0.15, -0.1) is 0 Å². The molecule has 31 heavy (non-hydrogen) atoms. The quantitative estimate of drug-likeness (QED) is 0.524. The van der Waals surface area contributed by atoms with Gasteiger partial charge in [-0.2, -0.15) is 0 Å². The van der Waals surface area contributed by atoms with E-state index in [1.807, 2.05) is 0 Å². The van der Waals surface area contributed by atoms with E-state index in [1.165, 1.54) is 44.2 Å². The van der Waals surface area contributed by atoms with Crippen LogP contribution in [-0.4, -0.2) is 74.9 Å². The summed E-state index contributed by atoms with van der Waals surface area (Å²) in [5.74, 6) is -2.51. The van der Waals surface area contributed by atoms with Crippen LogP contribution in [0.2, 0.25) is 0 Å². The van der Waals surface area contributed by atoms with Gasteiger partial charge in [0.2, 0.25) is 0 Å². The van der Waals surface area contributed by atoms with Crippen LogP contribution in [0.1, 0.15) is 60.5 Å². The minimum Gasteiger partial charge on any atom is -0.479 e. The highest BCUT2D eigenvalue weighted by Crippen LogP contribution is 2.55. The Balaban J connectivity index is 0.000000233. The number of likely N-dealkylation sites (tertiary alicyclic amines) is 1. The molecule has 1 aliphatic heterocycles. The van der Waals surface area contributed by atoms with Crippen LogP contribution in [0.5, 0.6) is 0 Å². The Morgan fingerprint density at radius 1 is 1.06 bits per heavy atom. The number of aliphatic carboxylic acids is 2. The van der Waals surface area contributed by atoms with Crippen LogP contribution in [0.15, 0.2) is 18.2 Å². The van der Waals surface area contributed by atoms with Gasteiger partial charge in [-0.05, 0) is 69.3 Å².